The van der Waals surface area contributed by atoms with Crippen LogP contribution >= 0.6 is 0 Å². The van der Waals surface area contributed by atoms with Crippen molar-refractivity contribution in [1.82, 2.24) is 25.1 Å². The van der Waals surface area contributed by atoms with Crippen LogP contribution in [0, 0.1) is 0 Å². The zero-order chi connectivity index (χ0) is 18.6. The maximum atomic E-state index is 12.7. The molecule has 27 heavy (non-hydrogen) atoms. The van der Waals surface area contributed by atoms with Crippen LogP contribution in [0.2, 0.25) is 0 Å². The normalized spacial score (nSPS) is 18.7. The number of hydrogen-bond donors (Lipinski definition) is 2. The highest BCUT2D eigenvalue weighted by molar-refractivity contribution is 5.82. The van der Waals surface area contributed by atoms with Gasteiger partial charge in [0.25, 0.3) is 0 Å². The van der Waals surface area contributed by atoms with Gasteiger partial charge >= 0.3 is 6.03 Å². The molecule has 2 heterocycles. The van der Waals surface area contributed by atoms with E-state index in [1.807, 2.05) is 28.0 Å². The molecule has 1 aliphatic heterocycles. The molecule has 1 saturated carbocycles. The molecule has 7 heteroatoms. The van der Waals surface area contributed by atoms with Crippen molar-refractivity contribution < 1.29 is 9.59 Å². The first-order valence-corrected chi connectivity index (χ1v) is 9.94. The summed E-state index contributed by atoms with van der Waals surface area (Å²) in [6.45, 7) is 2.62. The van der Waals surface area contributed by atoms with Crippen molar-refractivity contribution in [2.24, 2.45) is 0 Å². The monoisotopic (exact) mass is 369 g/mol. The minimum Gasteiger partial charge on any atom is -0.345 e. The molecule has 144 valence electrons. The van der Waals surface area contributed by atoms with Gasteiger partial charge in [-0.1, -0.05) is 18.9 Å². The second-order valence-electron chi connectivity index (χ2n) is 7.58. The van der Waals surface area contributed by atoms with Crippen LogP contribution in [0.1, 0.15) is 37.7 Å². The molecule has 7 nitrogen and oxygen atoms in total. The summed E-state index contributed by atoms with van der Waals surface area (Å²) in [5.74, 6) is 0.118. The van der Waals surface area contributed by atoms with Crippen LogP contribution in [-0.4, -0.2) is 63.9 Å². The van der Waals surface area contributed by atoms with Crippen LogP contribution in [0.3, 0.4) is 0 Å². The molecule has 0 unspecified atom stereocenters. The third-order valence-corrected chi connectivity index (χ3v) is 5.66. The van der Waals surface area contributed by atoms with Gasteiger partial charge in [0.05, 0.1) is 23.8 Å². The van der Waals surface area contributed by atoms with Crippen LogP contribution < -0.4 is 5.32 Å². The second kappa shape index (κ2) is 7.98. The molecule has 1 aromatic heterocycles. The Bertz CT molecular complexity index is 812. The molecule has 2 N–H and O–H groups in total. The van der Waals surface area contributed by atoms with E-state index in [4.69, 9.17) is 0 Å². The number of urea groups is 1. The van der Waals surface area contributed by atoms with Gasteiger partial charge in [0.15, 0.2) is 0 Å². The van der Waals surface area contributed by atoms with Crippen LogP contribution in [-0.2, 0) is 11.2 Å². The number of aromatic amines is 1. The maximum absolute atomic E-state index is 12.7. The molecule has 0 atom stereocenters. The van der Waals surface area contributed by atoms with E-state index in [2.05, 4.69) is 15.3 Å². The number of rotatable bonds is 3. The summed E-state index contributed by atoms with van der Waals surface area (Å²) in [5, 5.41) is 3.15. The number of amides is 3. The van der Waals surface area contributed by atoms with E-state index in [0.29, 0.717) is 38.6 Å². The van der Waals surface area contributed by atoms with Gasteiger partial charge in [-0.25, -0.2) is 9.78 Å². The fourth-order valence-corrected chi connectivity index (χ4v) is 4.09. The fourth-order valence-electron chi connectivity index (χ4n) is 4.09. The molecule has 2 aliphatic rings. The van der Waals surface area contributed by atoms with Crippen LogP contribution in [0.4, 0.5) is 4.79 Å². The quantitative estimate of drug-likeness (QED) is 0.871. The van der Waals surface area contributed by atoms with Gasteiger partial charge in [-0.2, -0.15) is 0 Å². The smallest absolute Gasteiger partial charge is 0.317 e. The summed E-state index contributed by atoms with van der Waals surface area (Å²) in [4.78, 5) is 36.3. The molecule has 2 aromatic rings. The summed E-state index contributed by atoms with van der Waals surface area (Å²) >= 11 is 0. The highest BCUT2D eigenvalue weighted by atomic mass is 16.2. The number of H-pyrrole nitrogens is 1. The number of fused-ring (bicyclic) bond motifs is 1. The van der Waals surface area contributed by atoms with E-state index in [9.17, 15) is 9.59 Å². The van der Waals surface area contributed by atoms with E-state index in [0.717, 1.165) is 35.9 Å². The minimum absolute atomic E-state index is 0.0286. The standard InChI is InChI=1S/C20H27N5O2/c26-19(13-15-6-7-17-18(12-15)22-14-21-17)24-8-3-9-25(11-10-24)20(27)23-16-4-1-2-5-16/h6-7,12,14,16H,1-5,8-11,13H2,(H,21,22)(H,23,27). The van der Waals surface area contributed by atoms with E-state index in [-0.39, 0.29) is 11.9 Å². The molecule has 1 saturated heterocycles. The highest BCUT2D eigenvalue weighted by Gasteiger charge is 2.24. The zero-order valence-electron chi connectivity index (χ0n) is 15.6. The average molecular weight is 369 g/mol. The lowest BCUT2D eigenvalue weighted by Crippen LogP contribution is -2.45. The molecule has 4 rings (SSSR count). The van der Waals surface area contributed by atoms with Crippen molar-refractivity contribution in [2.75, 3.05) is 26.2 Å². The molecule has 0 radical (unpaired) electrons. The van der Waals surface area contributed by atoms with Gasteiger partial charge < -0.3 is 20.1 Å². The zero-order valence-corrected chi connectivity index (χ0v) is 15.6. The second-order valence-corrected chi connectivity index (χ2v) is 7.58. The van der Waals surface area contributed by atoms with E-state index in [1.165, 1.54) is 12.8 Å². The molecule has 0 bridgehead atoms. The van der Waals surface area contributed by atoms with Crippen molar-refractivity contribution >= 4 is 23.0 Å². The summed E-state index contributed by atoms with van der Waals surface area (Å²) in [6, 6.07) is 6.24. The van der Waals surface area contributed by atoms with Crippen molar-refractivity contribution in [3.05, 3.63) is 30.1 Å². The SMILES string of the molecule is O=C(Cc1ccc2nc[nH]c2c1)N1CCCN(C(=O)NC2CCCC2)CC1. The van der Waals surface area contributed by atoms with Crippen molar-refractivity contribution in [1.29, 1.82) is 0 Å². The predicted octanol–water partition coefficient (Wildman–Crippen LogP) is 2.29. The van der Waals surface area contributed by atoms with Crippen LogP contribution in [0.25, 0.3) is 11.0 Å². The van der Waals surface area contributed by atoms with Gasteiger partial charge in [-0.3, -0.25) is 4.79 Å². The van der Waals surface area contributed by atoms with E-state index < -0.39 is 0 Å². The van der Waals surface area contributed by atoms with Crippen molar-refractivity contribution in [2.45, 2.75) is 44.6 Å². The molecule has 1 aliphatic carbocycles. The molecular weight excluding hydrogens is 342 g/mol. The Kier molecular flexibility index (Phi) is 5.27. The number of carbonyl (C=O) groups excluding carboxylic acids is 2. The number of benzene rings is 1. The van der Waals surface area contributed by atoms with Gasteiger partial charge in [-0.05, 0) is 37.0 Å². The third-order valence-electron chi connectivity index (χ3n) is 5.66. The van der Waals surface area contributed by atoms with Crippen LogP contribution in [0.5, 0.6) is 0 Å². The maximum Gasteiger partial charge on any atom is 0.317 e. The van der Waals surface area contributed by atoms with E-state index in [1.54, 1.807) is 6.33 Å². The Morgan fingerprint density at radius 2 is 1.85 bits per heavy atom. The number of carbonyl (C=O) groups is 2. The van der Waals surface area contributed by atoms with Gasteiger partial charge in [-0.15, -0.1) is 0 Å². The lowest BCUT2D eigenvalue weighted by atomic mass is 10.1. The first-order chi connectivity index (χ1) is 13.2. The molecule has 0 spiro atoms. The molecule has 1 aromatic carbocycles. The summed E-state index contributed by atoms with van der Waals surface area (Å²) in [7, 11) is 0. The summed E-state index contributed by atoms with van der Waals surface area (Å²) in [6.07, 6.45) is 7.45. The average Bonchev–Trinajstić information content (AvgIpc) is 3.27. The Labute approximate surface area is 159 Å². The summed E-state index contributed by atoms with van der Waals surface area (Å²) in [5.41, 5.74) is 2.84. The molecular formula is C20H27N5O2. The van der Waals surface area contributed by atoms with Crippen molar-refractivity contribution in [3.63, 3.8) is 0 Å². The third kappa shape index (κ3) is 4.23. The minimum atomic E-state index is 0.0286. The highest BCUT2D eigenvalue weighted by Crippen LogP contribution is 2.18. The lowest BCUT2D eigenvalue weighted by molar-refractivity contribution is -0.130. The number of nitrogens with zero attached hydrogens (tertiary/aromatic N) is 3. The number of aromatic nitrogens is 2. The van der Waals surface area contributed by atoms with Crippen molar-refractivity contribution in [3.8, 4) is 0 Å². The Morgan fingerprint density at radius 1 is 1.07 bits per heavy atom. The molecule has 2 fully saturated rings. The van der Waals surface area contributed by atoms with Crippen LogP contribution in [0.15, 0.2) is 24.5 Å². The first-order valence-electron chi connectivity index (χ1n) is 9.94. The number of hydrogen-bond acceptors (Lipinski definition) is 3. The fraction of sp³-hybridized carbons (Fsp3) is 0.550. The summed E-state index contributed by atoms with van der Waals surface area (Å²) < 4.78 is 0. The largest absolute Gasteiger partial charge is 0.345 e. The predicted molar refractivity (Wildman–Crippen MR) is 103 cm³/mol. The Hall–Kier alpha value is -2.57. The van der Waals surface area contributed by atoms with Gasteiger partial charge in [0.1, 0.15) is 0 Å². The Morgan fingerprint density at radius 3 is 2.70 bits per heavy atom. The Balaban J connectivity index is 1.31. The topological polar surface area (TPSA) is 81.3 Å². The van der Waals surface area contributed by atoms with Gasteiger partial charge in [0, 0.05) is 32.2 Å². The number of imidazole rings is 1. The molecule has 3 amide bonds. The number of nitrogens with one attached hydrogen (secondary N) is 2. The first kappa shape index (κ1) is 17.8. The van der Waals surface area contributed by atoms with Gasteiger partial charge in [0.2, 0.25) is 5.91 Å². The van der Waals surface area contributed by atoms with E-state index >= 15 is 0 Å². The lowest BCUT2D eigenvalue weighted by Gasteiger charge is -2.24.